The van der Waals surface area contributed by atoms with Crippen molar-refractivity contribution in [3.8, 4) is 5.75 Å². The van der Waals surface area contributed by atoms with Crippen molar-refractivity contribution >= 4 is 23.3 Å². The van der Waals surface area contributed by atoms with Crippen LogP contribution in [0, 0.1) is 0 Å². The zero-order chi connectivity index (χ0) is 16.1. The second-order valence-corrected chi connectivity index (χ2v) is 5.58. The van der Waals surface area contributed by atoms with E-state index in [1.165, 1.54) is 0 Å². The lowest BCUT2D eigenvalue weighted by Crippen LogP contribution is -2.50. The Hall–Kier alpha value is -2.34. The lowest BCUT2D eigenvalue weighted by Gasteiger charge is -2.35. The summed E-state index contributed by atoms with van der Waals surface area (Å²) in [7, 11) is 0. The number of aromatic nitrogens is 2. The molecule has 6 nitrogen and oxygen atoms in total. The van der Waals surface area contributed by atoms with Gasteiger partial charge >= 0.3 is 0 Å². The Bertz CT molecular complexity index is 660. The van der Waals surface area contributed by atoms with E-state index in [9.17, 15) is 4.79 Å². The van der Waals surface area contributed by atoms with Gasteiger partial charge in [0.15, 0.2) is 12.4 Å². The highest BCUT2D eigenvalue weighted by atomic mass is 35.5. The number of carbonyl (C=O) groups is 1. The van der Waals surface area contributed by atoms with Gasteiger partial charge in [-0.05, 0) is 24.3 Å². The van der Waals surface area contributed by atoms with E-state index in [0.717, 1.165) is 18.9 Å². The van der Waals surface area contributed by atoms with Crippen LogP contribution in [0.15, 0.2) is 42.6 Å². The molecule has 2 aromatic rings. The topological polar surface area (TPSA) is 58.6 Å². The average Bonchev–Trinajstić information content (AvgIpc) is 2.62. The molecule has 23 heavy (non-hydrogen) atoms. The van der Waals surface area contributed by atoms with Crippen molar-refractivity contribution in [2.24, 2.45) is 0 Å². The summed E-state index contributed by atoms with van der Waals surface area (Å²) in [4.78, 5) is 16.1. The van der Waals surface area contributed by atoms with Gasteiger partial charge < -0.3 is 14.5 Å². The quantitative estimate of drug-likeness (QED) is 0.855. The average molecular weight is 333 g/mol. The first-order valence-electron chi connectivity index (χ1n) is 7.42. The molecule has 2 heterocycles. The number of hydrogen-bond donors (Lipinski definition) is 0. The van der Waals surface area contributed by atoms with E-state index < -0.39 is 0 Å². The predicted octanol–water partition coefficient (Wildman–Crippen LogP) is 1.86. The van der Waals surface area contributed by atoms with E-state index in [-0.39, 0.29) is 12.5 Å². The number of ether oxygens (including phenoxy) is 1. The summed E-state index contributed by atoms with van der Waals surface area (Å²) in [6.07, 6.45) is 1.65. The first kappa shape index (κ1) is 15.6. The molecule has 0 radical (unpaired) electrons. The summed E-state index contributed by atoms with van der Waals surface area (Å²) in [5.41, 5.74) is 0. The largest absolute Gasteiger partial charge is 0.482 e. The van der Waals surface area contributed by atoms with Gasteiger partial charge in [-0.1, -0.05) is 23.7 Å². The molecule has 0 unspecified atom stereocenters. The molecule has 120 valence electrons. The molecule has 3 rings (SSSR count). The Morgan fingerprint density at radius 2 is 1.91 bits per heavy atom. The minimum absolute atomic E-state index is 0.00508. The molecular weight excluding hydrogens is 316 g/mol. The fourth-order valence-electron chi connectivity index (χ4n) is 2.44. The standard InChI is InChI=1S/C16H17ClN4O2/c17-13-4-1-2-5-14(13)23-12-16(22)21-10-8-20(9-11-21)15-6-3-7-18-19-15/h1-7H,8-12H2. The van der Waals surface area contributed by atoms with Crippen molar-refractivity contribution in [2.45, 2.75) is 0 Å². The van der Waals surface area contributed by atoms with Crippen LogP contribution in [0.1, 0.15) is 0 Å². The van der Waals surface area contributed by atoms with Gasteiger partial charge in [-0.25, -0.2) is 0 Å². The molecule has 1 aliphatic rings. The van der Waals surface area contributed by atoms with E-state index >= 15 is 0 Å². The molecule has 1 aliphatic heterocycles. The summed E-state index contributed by atoms with van der Waals surface area (Å²) in [5, 5.41) is 8.48. The van der Waals surface area contributed by atoms with Crippen molar-refractivity contribution in [1.82, 2.24) is 15.1 Å². The Balaban J connectivity index is 1.50. The Kier molecular flexibility index (Phi) is 4.92. The Morgan fingerprint density at radius 3 is 2.61 bits per heavy atom. The molecule has 1 saturated heterocycles. The van der Waals surface area contributed by atoms with Crippen LogP contribution < -0.4 is 9.64 Å². The number of carbonyl (C=O) groups excluding carboxylic acids is 1. The lowest BCUT2D eigenvalue weighted by molar-refractivity contribution is -0.133. The SMILES string of the molecule is O=C(COc1ccccc1Cl)N1CCN(c2cccnn2)CC1. The minimum Gasteiger partial charge on any atom is -0.482 e. The van der Waals surface area contributed by atoms with Crippen LogP contribution in [0.4, 0.5) is 5.82 Å². The zero-order valence-electron chi connectivity index (χ0n) is 12.6. The van der Waals surface area contributed by atoms with Gasteiger partial charge in [0.2, 0.25) is 0 Å². The maximum absolute atomic E-state index is 12.2. The molecule has 1 aromatic carbocycles. The maximum atomic E-state index is 12.2. The van der Waals surface area contributed by atoms with Gasteiger partial charge in [0.1, 0.15) is 5.75 Å². The third-order valence-electron chi connectivity index (χ3n) is 3.70. The molecule has 7 heteroatoms. The van der Waals surface area contributed by atoms with Crippen molar-refractivity contribution in [3.63, 3.8) is 0 Å². The van der Waals surface area contributed by atoms with Gasteiger partial charge in [-0.3, -0.25) is 4.79 Å². The number of rotatable bonds is 4. The molecule has 1 aromatic heterocycles. The minimum atomic E-state index is -0.0382. The van der Waals surface area contributed by atoms with E-state index in [2.05, 4.69) is 15.1 Å². The van der Waals surface area contributed by atoms with Crippen molar-refractivity contribution in [1.29, 1.82) is 0 Å². The highest BCUT2D eigenvalue weighted by Gasteiger charge is 2.22. The zero-order valence-corrected chi connectivity index (χ0v) is 13.3. The predicted molar refractivity (Wildman–Crippen MR) is 87.8 cm³/mol. The fraction of sp³-hybridized carbons (Fsp3) is 0.312. The first-order valence-corrected chi connectivity index (χ1v) is 7.79. The van der Waals surface area contributed by atoms with Crippen LogP contribution in [-0.4, -0.2) is 53.8 Å². The van der Waals surface area contributed by atoms with Crippen LogP contribution in [0.25, 0.3) is 0 Å². The van der Waals surface area contributed by atoms with Gasteiger partial charge in [-0.15, -0.1) is 5.10 Å². The highest BCUT2D eigenvalue weighted by Crippen LogP contribution is 2.23. The molecule has 1 amide bonds. The van der Waals surface area contributed by atoms with E-state index in [1.807, 2.05) is 24.3 Å². The second-order valence-electron chi connectivity index (χ2n) is 5.17. The number of halogens is 1. The van der Waals surface area contributed by atoms with E-state index in [1.54, 1.807) is 23.2 Å². The molecule has 0 N–H and O–H groups in total. The molecule has 1 fully saturated rings. The van der Waals surface area contributed by atoms with Gasteiger partial charge in [0.05, 0.1) is 5.02 Å². The Morgan fingerprint density at radius 1 is 1.13 bits per heavy atom. The number of amides is 1. The summed E-state index contributed by atoms with van der Waals surface area (Å²) < 4.78 is 5.50. The van der Waals surface area contributed by atoms with Crippen molar-refractivity contribution in [2.75, 3.05) is 37.7 Å². The molecular formula is C16H17ClN4O2. The summed E-state index contributed by atoms with van der Waals surface area (Å²) >= 11 is 6.01. The molecule has 0 atom stereocenters. The number of piperazine rings is 1. The molecule has 0 bridgehead atoms. The maximum Gasteiger partial charge on any atom is 0.260 e. The smallest absolute Gasteiger partial charge is 0.260 e. The fourth-order valence-corrected chi connectivity index (χ4v) is 2.63. The van der Waals surface area contributed by atoms with Gasteiger partial charge in [0.25, 0.3) is 5.91 Å². The summed E-state index contributed by atoms with van der Waals surface area (Å²) in [6, 6.07) is 10.9. The number of anilines is 1. The number of hydrogen-bond acceptors (Lipinski definition) is 5. The lowest BCUT2D eigenvalue weighted by atomic mass is 10.3. The highest BCUT2D eigenvalue weighted by molar-refractivity contribution is 6.32. The summed E-state index contributed by atoms with van der Waals surface area (Å²) in [5.74, 6) is 1.33. The van der Waals surface area contributed by atoms with E-state index in [4.69, 9.17) is 16.3 Å². The van der Waals surface area contributed by atoms with Crippen LogP contribution in [-0.2, 0) is 4.79 Å². The number of benzene rings is 1. The molecule has 0 aliphatic carbocycles. The normalized spacial score (nSPS) is 14.7. The number of nitrogens with zero attached hydrogens (tertiary/aromatic N) is 4. The Labute approximate surface area is 139 Å². The van der Waals surface area contributed by atoms with Gasteiger partial charge in [0, 0.05) is 32.4 Å². The van der Waals surface area contributed by atoms with Crippen LogP contribution in [0.5, 0.6) is 5.75 Å². The second kappa shape index (κ2) is 7.28. The van der Waals surface area contributed by atoms with Crippen molar-refractivity contribution < 1.29 is 9.53 Å². The summed E-state index contributed by atoms with van der Waals surface area (Å²) in [6.45, 7) is 2.74. The van der Waals surface area contributed by atoms with Crippen LogP contribution in [0.2, 0.25) is 5.02 Å². The van der Waals surface area contributed by atoms with Crippen LogP contribution >= 0.6 is 11.6 Å². The van der Waals surface area contributed by atoms with E-state index in [0.29, 0.717) is 23.9 Å². The first-order chi connectivity index (χ1) is 11.2. The third kappa shape index (κ3) is 3.90. The monoisotopic (exact) mass is 332 g/mol. The molecule has 0 spiro atoms. The van der Waals surface area contributed by atoms with Crippen molar-refractivity contribution in [3.05, 3.63) is 47.6 Å². The third-order valence-corrected chi connectivity index (χ3v) is 4.01. The number of para-hydroxylation sites is 1. The van der Waals surface area contributed by atoms with Crippen LogP contribution in [0.3, 0.4) is 0 Å². The molecule has 0 saturated carbocycles. The van der Waals surface area contributed by atoms with Gasteiger partial charge in [-0.2, -0.15) is 5.10 Å².